The Bertz CT molecular complexity index is 1050. The van der Waals surface area contributed by atoms with E-state index in [1.165, 1.54) is 13.2 Å². The number of methoxy groups -OCH3 is 1. The fourth-order valence-corrected chi connectivity index (χ4v) is 3.25. The molecule has 0 radical (unpaired) electrons. The highest BCUT2D eigenvalue weighted by molar-refractivity contribution is 5.94. The molecule has 0 aliphatic heterocycles. The average Bonchev–Trinajstić information content (AvgIpc) is 2.77. The Balaban J connectivity index is 1.65. The molecule has 2 aromatic carbocycles. The van der Waals surface area contributed by atoms with E-state index in [0.717, 1.165) is 22.4 Å². The largest absolute Gasteiger partial charge is 0.493 e. The summed E-state index contributed by atoms with van der Waals surface area (Å²) in [6.07, 6.45) is 3.45. The van der Waals surface area contributed by atoms with Gasteiger partial charge in [0.1, 0.15) is 12.4 Å². The van der Waals surface area contributed by atoms with E-state index in [4.69, 9.17) is 9.47 Å². The number of halogens is 2. The molecule has 0 fully saturated rings. The van der Waals surface area contributed by atoms with E-state index in [9.17, 15) is 13.6 Å². The first-order valence-corrected chi connectivity index (χ1v) is 9.90. The van der Waals surface area contributed by atoms with E-state index >= 15 is 0 Å². The number of amides is 1. The molecule has 32 heavy (non-hydrogen) atoms. The Morgan fingerprint density at radius 3 is 2.44 bits per heavy atom. The molecular weight excluding hydrogens is 418 g/mol. The molecule has 0 saturated carbocycles. The minimum atomic E-state index is -2.95. The van der Waals surface area contributed by atoms with Crippen molar-refractivity contribution in [1.29, 1.82) is 0 Å². The topological polar surface area (TPSA) is 69.7 Å². The third-order valence-electron chi connectivity index (χ3n) is 4.73. The van der Waals surface area contributed by atoms with Gasteiger partial charge in [-0.05, 0) is 60.9 Å². The molecule has 168 valence electrons. The van der Waals surface area contributed by atoms with Crippen molar-refractivity contribution in [1.82, 2.24) is 10.3 Å². The van der Waals surface area contributed by atoms with Crippen LogP contribution in [0.3, 0.4) is 0 Å². The molecule has 0 aliphatic rings. The SMILES string of the molecule is COc1cc(CNC(=O)c2cc(C)c(OCc3cccnc3)c(C)c2)ccc1OC(F)F. The Hall–Kier alpha value is -3.68. The van der Waals surface area contributed by atoms with Gasteiger partial charge in [-0.25, -0.2) is 0 Å². The molecule has 0 saturated heterocycles. The van der Waals surface area contributed by atoms with Crippen molar-refractivity contribution in [2.24, 2.45) is 0 Å². The normalized spacial score (nSPS) is 10.7. The highest BCUT2D eigenvalue weighted by Gasteiger charge is 2.14. The molecule has 0 spiro atoms. The van der Waals surface area contributed by atoms with Gasteiger partial charge in [-0.15, -0.1) is 0 Å². The number of rotatable bonds is 9. The molecule has 1 amide bonds. The van der Waals surface area contributed by atoms with Gasteiger partial charge >= 0.3 is 6.61 Å². The summed E-state index contributed by atoms with van der Waals surface area (Å²) >= 11 is 0. The second kappa shape index (κ2) is 10.6. The zero-order valence-electron chi connectivity index (χ0n) is 18.0. The van der Waals surface area contributed by atoms with Crippen LogP contribution in [-0.2, 0) is 13.2 Å². The summed E-state index contributed by atoms with van der Waals surface area (Å²) in [4.78, 5) is 16.7. The van der Waals surface area contributed by atoms with Crippen molar-refractivity contribution < 1.29 is 27.8 Å². The van der Waals surface area contributed by atoms with Crippen LogP contribution in [0.15, 0.2) is 54.9 Å². The van der Waals surface area contributed by atoms with Crippen LogP contribution >= 0.6 is 0 Å². The fourth-order valence-electron chi connectivity index (χ4n) is 3.25. The number of nitrogens with zero attached hydrogens (tertiary/aromatic N) is 1. The first-order chi connectivity index (χ1) is 15.4. The summed E-state index contributed by atoms with van der Waals surface area (Å²) in [7, 11) is 1.36. The Labute approximate surface area is 185 Å². The molecule has 1 N–H and O–H groups in total. The van der Waals surface area contributed by atoms with E-state index in [-0.39, 0.29) is 24.0 Å². The lowest BCUT2D eigenvalue weighted by Crippen LogP contribution is -2.23. The number of ether oxygens (including phenoxy) is 3. The number of hydrogen-bond donors (Lipinski definition) is 1. The molecule has 1 aromatic heterocycles. The highest BCUT2D eigenvalue weighted by atomic mass is 19.3. The van der Waals surface area contributed by atoms with Gasteiger partial charge in [0.05, 0.1) is 7.11 Å². The lowest BCUT2D eigenvalue weighted by atomic mass is 10.0. The predicted molar refractivity (Wildman–Crippen MR) is 115 cm³/mol. The Morgan fingerprint density at radius 1 is 1.06 bits per heavy atom. The first-order valence-electron chi connectivity index (χ1n) is 9.90. The molecule has 0 aliphatic carbocycles. The van der Waals surface area contributed by atoms with Crippen LogP contribution < -0.4 is 19.5 Å². The minimum absolute atomic E-state index is 0.0642. The van der Waals surface area contributed by atoms with Gasteiger partial charge in [-0.2, -0.15) is 8.78 Å². The smallest absolute Gasteiger partial charge is 0.387 e. The van der Waals surface area contributed by atoms with Crippen LogP contribution in [0.25, 0.3) is 0 Å². The van der Waals surface area contributed by atoms with Gasteiger partial charge in [0.2, 0.25) is 0 Å². The monoisotopic (exact) mass is 442 g/mol. The van der Waals surface area contributed by atoms with Crippen LogP contribution in [0.4, 0.5) is 8.78 Å². The van der Waals surface area contributed by atoms with E-state index in [1.807, 2.05) is 26.0 Å². The Kier molecular flexibility index (Phi) is 7.59. The lowest BCUT2D eigenvalue weighted by Gasteiger charge is -2.15. The average molecular weight is 442 g/mol. The molecule has 6 nitrogen and oxygen atoms in total. The summed E-state index contributed by atoms with van der Waals surface area (Å²) < 4.78 is 40.4. The minimum Gasteiger partial charge on any atom is -0.493 e. The first kappa shape index (κ1) is 23.0. The summed E-state index contributed by atoms with van der Waals surface area (Å²) in [6.45, 7) is 1.40. The predicted octanol–water partition coefficient (Wildman–Crippen LogP) is 4.82. The highest BCUT2D eigenvalue weighted by Crippen LogP contribution is 2.30. The number of carbonyl (C=O) groups is 1. The zero-order chi connectivity index (χ0) is 23.1. The summed E-state index contributed by atoms with van der Waals surface area (Å²) in [6, 6.07) is 11.8. The molecule has 1 heterocycles. The third kappa shape index (κ3) is 5.94. The van der Waals surface area contributed by atoms with Gasteiger partial charge in [-0.1, -0.05) is 12.1 Å². The fraction of sp³-hybridized carbons (Fsp3) is 0.250. The number of hydrogen-bond acceptors (Lipinski definition) is 5. The number of aromatic nitrogens is 1. The standard InChI is InChI=1S/C24H24F2N2O4/c1-15-9-19(10-16(2)22(15)31-14-18-5-4-8-27-12-18)23(29)28-13-17-6-7-20(32-24(25)26)21(11-17)30-3/h4-12,24H,13-14H2,1-3H3,(H,28,29). The van der Waals surface area contributed by atoms with Crippen molar-refractivity contribution in [2.75, 3.05) is 7.11 Å². The maximum Gasteiger partial charge on any atom is 0.387 e. The maximum atomic E-state index is 12.7. The van der Waals surface area contributed by atoms with Crippen LogP contribution in [0.5, 0.6) is 17.2 Å². The van der Waals surface area contributed by atoms with Crippen LogP contribution in [0.2, 0.25) is 0 Å². The van der Waals surface area contributed by atoms with E-state index < -0.39 is 6.61 Å². The molecule has 8 heteroatoms. The van der Waals surface area contributed by atoms with Crippen LogP contribution in [0.1, 0.15) is 32.6 Å². The van der Waals surface area contributed by atoms with Gasteiger partial charge in [-0.3, -0.25) is 9.78 Å². The molecular formula is C24H24F2N2O4. The molecule has 3 aromatic rings. The third-order valence-corrected chi connectivity index (χ3v) is 4.73. The number of pyridine rings is 1. The number of benzene rings is 2. The lowest BCUT2D eigenvalue weighted by molar-refractivity contribution is -0.0512. The van der Waals surface area contributed by atoms with E-state index in [1.54, 1.807) is 36.7 Å². The summed E-state index contributed by atoms with van der Waals surface area (Å²) in [5, 5.41) is 2.83. The Morgan fingerprint density at radius 2 is 1.81 bits per heavy atom. The molecule has 0 bridgehead atoms. The van der Waals surface area contributed by atoms with Crippen molar-refractivity contribution in [3.05, 3.63) is 82.7 Å². The van der Waals surface area contributed by atoms with Gasteiger partial charge in [0, 0.05) is 30.1 Å². The number of aryl methyl sites for hydroxylation is 2. The molecule has 3 rings (SSSR count). The summed E-state index contributed by atoms with van der Waals surface area (Å²) in [5.41, 5.74) is 3.82. The van der Waals surface area contributed by atoms with Gasteiger partial charge in [0.15, 0.2) is 11.5 Å². The number of carbonyl (C=O) groups excluding carboxylic acids is 1. The van der Waals surface area contributed by atoms with E-state index in [2.05, 4.69) is 15.0 Å². The number of alkyl halides is 2. The van der Waals surface area contributed by atoms with Crippen LogP contribution in [-0.4, -0.2) is 24.6 Å². The van der Waals surface area contributed by atoms with Gasteiger partial charge < -0.3 is 19.5 Å². The maximum absolute atomic E-state index is 12.7. The second-order valence-corrected chi connectivity index (χ2v) is 7.14. The second-order valence-electron chi connectivity index (χ2n) is 7.14. The van der Waals surface area contributed by atoms with Crippen molar-refractivity contribution in [2.45, 2.75) is 33.6 Å². The van der Waals surface area contributed by atoms with Gasteiger partial charge in [0.25, 0.3) is 5.91 Å². The quantitative estimate of drug-likeness (QED) is 0.515. The number of nitrogens with one attached hydrogen (secondary N) is 1. The van der Waals surface area contributed by atoms with Crippen LogP contribution in [0, 0.1) is 13.8 Å². The van der Waals surface area contributed by atoms with Crippen molar-refractivity contribution >= 4 is 5.91 Å². The molecule has 0 atom stereocenters. The summed E-state index contributed by atoms with van der Waals surface area (Å²) in [5.74, 6) is 0.566. The van der Waals surface area contributed by atoms with Crippen molar-refractivity contribution in [3.63, 3.8) is 0 Å². The van der Waals surface area contributed by atoms with E-state index in [0.29, 0.717) is 17.7 Å². The zero-order valence-corrected chi connectivity index (χ0v) is 18.0. The molecule has 0 unspecified atom stereocenters. The van der Waals surface area contributed by atoms with Crippen molar-refractivity contribution in [3.8, 4) is 17.2 Å².